The van der Waals surface area contributed by atoms with Crippen molar-refractivity contribution in [3.63, 3.8) is 0 Å². The van der Waals surface area contributed by atoms with Crippen molar-refractivity contribution in [3.8, 4) is 0 Å². The second-order valence-electron chi connectivity index (χ2n) is 4.42. The monoisotopic (exact) mass is 267 g/mol. The van der Waals surface area contributed by atoms with Crippen molar-refractivity contribution >= 4 is 18.7 Å². The van der Waals surface area contributed by atoms with E-state index in [0.29, 0.717) is 13.0 Å². The van der Waals surface area contributed by atoms with Crippen molar-refractivity contribution in [1.29, 1.82) is 0 Å². The Balaban J connectivity index is 1.88. The molecule has 5 heteroatoms. The number of carbonyl (C=O) groups is 1. The molecule has 1 aliphatic heterocycles. The van der Waals surface area contributed by atoms with Gasteiger partial charge in [0.15, 0.2) is 0 Å². The summed E-state index contributed by atoms with van der Waals surface area (Å²) < 4.78 is 5.23. The first-order chi connectivity index (χ1) is 8.70. The molecular formula is C13H17NO3S. The minimum absolute atomic E-state index is 0.0441. The van der Waals surface area contributed by atoms with E-state index < -0.39 is 0 Å². The van der Waals surface area contributed by atoms with Crippen LogP contribution in [-0.2, 0) is 11.3 Å². The third-order valence-electron chi connectivity index (χ3n) is 3.04. The number of aliphatic hydroxyl groups is 1. The second kappa shape index (κ2) is 6.11. The summed E-state index contributed by atoms with van der Waals surface area (Å²) in [5, 5.41) is 9.32. The highest BCUT2D eigenvalue weighted by Gasteiger charge is 2.34. The predicted molar refractivity (Wildman–Crippen MR) is 71.6 cm³/mol. The minimum atomic E-state index is -0.380. The standard InChI is InChI=1S/C13H17NO3S/c15-8-11-6-12(18)7-14(11)13(16)17-9-10-4-2-1-3-5-10/h1-5,11-12,15,18H,6-9H2/t11-,12-/m0/s1. The van der Waals surface area contributed by atoms with Crippen LogP contribution in [0.3, 0.4) is 0 Å². The van der Waals surface area contributed by atoms with Crippen LogP contribution in [0.4, 0.5) is 4.79 Å². The summed E-state index contributed by atoms with van der Waals surface area (Å²) in [7, 11) is 0. The van der Waals surface area contributed by atoms with Crippen LogP contribution < -0.4 is 0 Å². The quantitative estimate of drug-likeness (QED) is 0.819. The van der Waals surface area contributed by atoms with Crippen molar-refractivity contribution in [2.24, 2.45) is 0 Å². The molecule has 18 heavy (non-hydrogen) atoms. The van der Waals surface area contributed by atoms with Gasteiger partial charge in [0.1, 0.15) is 6.61 Å². The van der Waals surface area contributed by atoms with E-state index in [0.717, 1.165) is 5.56 Å². The molecule has 1 N–H and O–H groups in total. The van der Waals surface area contributed by atoms with E-state index in [1.54, 1.807) is 4.90 Å². The number of aliphatic hydroxyl groups excluding tert-OH is 1. The van der Waals surface area contributed by atoms with Crippen LogP contribution in [0.25, 0.3) is 0 Å². The molecule has 4 nitrogen and oxygen atoms in total. The highest BCUT2D eigenvalue weighted by atomic mass is 32.1. The van der Waals surface area contributed by atoms with Crippen LogP contribution in [0.2, 0.25) is 0 Å². The van der Waals surface area contributed by atoms with Gasteiger partial charge in [-0.15, -0.1) is 0 Å². The molecule has 2 atom stereocenters. The average Bonchev–Trinajstić information content (AvgIpc) is 2.78. The number of benzene rings is 1. The first kappa shape index (κ1) is 13.2. The third-order valence-corrected chi connectivity index (χ3v) is 3.42. The number of carbonyl (C=O) groups excluding carboxylic acids is 1. The molecule has 0 saturated carbocycles. The molecular weight excluding hydrogens is 250 g/mol. The van der Waals surface area contributed by atoms with Gasteiger partial charge in [0.25, 0.3) is 0 Å². The highest BCUT2D eigenvalue weighted by molar-refractivity contribution is 7.81. The molecule has 1 heterocycles. The summed E-state index contributed by atoms with van der Waals surface area (Å²) in [5.74, 6) is 0. The molecule has 1 amide bonds. The SMILES string of the molecule is O=C(OCc1ccccc1)N1C[C@@H](S)C[C@H]1CO. The lowest BCUT2D eigenvalue weighted by atomic mass is 10.2. The molecule has 1 aromatic carbocycles. The number of rotatable bonds is 3. The lowest BCUT2D eigenvalue weighted by molar-refractivity contribution is 0.0796. The van der Waals surface area contributed by atoms with Gasteiger partial charge in [0.05, 0.1) is 12.6 Å². The normalized spacial score (nSPS) is 23.1. The summed E-state index contributed by atoms with van der Waals surface area (Å²) in [6.45, 7) is 0.741. The molecule has 1 fully saturated rings. The molecule has 1 aliphatic rings. The van der Waals surface area contributed by atoms with Crippen molar-refractivity contribution in [2.45, 2.75) is 24.3 Å². The number of likely N-dealkylation sites (tertiary alicyclic amines) is 1. The molecule has 0 spiro atoms. The van der Waals surface area contributed by atoms with Gasteiger partial charge in [-0.1, -0.05) is 30.3 Å². The molecule has 0 bridgehead atoms. The minimum Gasteiger partial charge on any atom is -0.445 e. The van der Waals surface area contributed by atoms with Crippen LogP contribution in [0.15, 0.2) is 30.3 Å². The Morgan fingerprint density at radius 3 is 2.83 bits per heavy atom. The second-order valence-corrected chi connectivity index (χ2v) is 5.15. The van der Waals surface area contributed by atoms with E-state index in [9.17, 15) is 9.90 Å². The lowest BCUT2D eigenvalue weighted by Crippen LogP contribution is -2.38. The van der Waals surface area contributed by atoms with Gasteiger partial charge in [0.2, 0.25) is 0 Å². The van der Waals surface area contributed by atoms with E-state index in [-0.39, 0.29) is 30.6 Å². The van der Waals surface area contributed by atoms with Crippen LogP contribution >= 0.6 is 12.6 Å². The van der Waals surface area contributed by atoms with Crippen LogP contribution in [-0.4, -0.2) is 40.5 Å². The number of thiol groups is 1. The number of hydrogen-bond donors (Lipinski definition) is 2. The molecule has 0 aromatic heterocycles. The maximum atomic E-state index is 11.9. The topological polar surface area (TPSA) is 49.8 Å². The average molecular weight is 267 g/mol. The Morgan fingerprint density at radius 2 is 2.17 bits per heavy atom. The van der Waals surface area contributed by atoms with Crippen molar-refractivity contribution in [2.75, 3.05) is 13.2 Å². The largest absolute Gasteiger partial charge is 0.445 e. The van der Waals surface area contributed by atoms with E-state index in [1.165, 1.54) is 0 Å². The van der Waals surface area contributed by atoms with E-state index in [4.69, 9.17) is 4.74 Å². The fourth-order valence-electron chi connectivity index (χ4n) is 2.09. The van der Waals surface area contributed by atoms with Gasteiger partial charge in [-0.3, -0.25) is 0 Å². The smallest absolute Gasteiger partial charge is 0.410 e. The fraction of sp³-hybridized carbons (Fsp3) is 0.462. The van der Waals surface area contributed by atoms with Gasteiger partial charge in [-0.05, 0) is 12.0 Å². The summed E-state index contributed by atoms with van der Waals surface area (Å²) in [6, 6.07) is 9.36. The molecule has 0 radical (unpaired) electrons. The van der Waals surface area contributed by atoms with Crippen molar-refractivity contribution < 1.29 is 14.6 Å². The Bertz CT molecular complexity index is 398. The van der Waals surface area contributed by atoms with Gasteiger partial charge < -0.3 is 14.7 Å². The summed E-state index contributed by atoms with van der Waals surface area (Å²) in [6.07, 6.45) is 0.328. The fourth-order valence-corrected chi connectivity index (χ4v) is 2.51. The van der Waals surface area contributed by atoms with E-state index >= 15 is 0 Å². The molecule has 98 valence electrons. The number of nitrogens with zero attached hydrogens (tertiary/aromatic N) is 1. The first-order valence-corrected chi connectivity index (χ1v) is 6.48. The Kier molecular flexibility index (Phi) is 4.49. The van der Waals surface area contributed by atoms with E-state index in [2.05, 4.69) is 12.6 Å². The van der Waals surface area contributed by atoms with Gasteiger partial charge in [-0.25, -0.2) is 4.79 Å². The van der Waals surface area contributed by atoms with Gasteiger partial charge in [-0.2, -0.15) is 12.6 Å². The Labute approximate surface area is 112 Å². The Morgan fingerprint density at radius 1 is 1.44 bits per heavy atom. The molecule has 1 aromatic rings. The van der Waals surface area contributed by atoms with Crippen LogP contribution in [0.5, 0.6) is 0 Å². The van der Waals surface area contributed by atoms with Gasteiger partial charge >= 0.3 is 6.09 Å². The predicted octanol–water partition coefficient (Wildman–Crippen LogP) is 1.69. The number of ether oxygens (including phenoxy) is 1. The van der Waals surface area contributed by atoms with Crippen molar-refractivity contribution in [1.82, 2.24) is 4.90 Å². The zero-order valence-corrected chi connectivity index (χ0v) is 10.9. The molecule has 2 rings (SSSR count). The molecule has 0 unspecified atom stereocenters. The highest BCUT2D eigenvalue weighted by Crippen LogP contribution is 2.22. The number of hydrogen-bond acceptors (Lipinski definition) is 4. The maximum Gasteiger partial charge on any atom is 0.410 e. The summed E-state index contributed by atoms with van der Waals surface area (Å²) >= 11 is 4.34. The van der Waals surface area contributed by atoms with Gasteiger partial charge in [0, 0.05) is 11.8 Å². The number of amides is 1. The summed E-state index contributed by atoms with van der Waals surface area (Å²) in [5.41, 5.74) is 0.952. The van der Waals surface area contributed by atoms with Crippen LogP contribution in [0, 0.1) is 0 Å². The Hall–Kier alpha value is -1.20. The zero-order chi connectivity index (χ0) is 13.0. The zero-order valence-electron chi connectivity index (χ0n) is 10.0. The summed E-state index contributed by atoms with van der Waals surface area (Å²) in [4.78, 5) is 13.4. The first-order valence-electron chi connectivity index (χ1n) is 5.97. The molecule has 1 saturated heterocycles. The van der Waals surface area contributed by atoms with E-state index in [1.807, 2.05) is 30.3 Å². The van der Waals surface area contributed by atoms with Crippen molar-refractivity contribution in [3.05, 3.63) is 35.9 Å². The lowest BCUT2D eigenvalue weighted by Gasteiger charge is -2.22. The van der Waals surface area contributed by atoms with Crippen LogP contribution in [0.1, 0.15) is 12.0 Å². The maximum absolute atomic E-state index is 11.9. The molecule has 0 aliphatic carbocycles. The third kappa shape index (κ3) is 3.17.